The number of esters is 1. The first kappa shape index (κ1) is 15.8. The number of hydrogen-bond acceptors (Lipinski definition) is 6. The van der Waals surface area contributed by atoms with Crippen LogP contribution < -0.4 is 9.47 Å². The zero-order chi connectivity index (χ0) is 16.2. The number of carbonyl (C=O) groups is 2. The molecule has 124 valence electrons. The van der Waals surface area contributed by atoms with Gasteiger partial charge in [-0.1, -0.05) is 0 Å². The second-order valence-corrected chi connectivity index (χ2v) is 5.79. The summed E-state index contributed by atoms with van der Waals surface area (Å²) in [5.41, 5.74) is 0.665. The molecule has 6 heteroatoms. The molecule has 0 unspecified atom stereocenters. The Bertz CT molecular complexity index is 593. The van der Waals surface area contributed by atoms with Crippen LogP contribution in [0.1, 0.15) is 30.1 Å². The summed E-state index contributed by atoms with van der Waals surface area (Å²) < 4.78 is 15.5. The van der Waals surface area contributed by atoms with Crippen LogP contribution in [-0.4, -0.2) is 49.7 Å². The van der Waals surface area contributed by atoms with Crippen LogP contribution in [0.25, 0.3) is 0 Å². The SMILES string of the molecule is CCOC(=O)CN1CCC(C(=O)c2ccc3c(c2)OCO3)CC1. The average molecular weight is 319 g/mol. The van der Waals surface area contributed by atoms with Gasteiger partial charge in [0.2, 0.25) is 6.79 Å². The Balaban J connectivity index is 1.55. The summed E-state index contributed by atoms with van der Waals surface area (Å²) in [5, 5.41) is 0. The molecule has 0 saturated carbocycles. The zero-order valence-corrected chi connectivity index (χ0v) is 13.2. The maximum Gasteiger partial charge on any atom is 0.320 e. The molecule has 0 radical (unpaired) electrons. The third-order valence-electron chi connectivity index (χ3n) is 4.27. The minimum absolute atomic E-state index is 0.00573. The van der Waals surface area contributed by atoms with Crippen molar-refractivity contribution in [1.82, 2.24) is 4.90 Å². The number of hydrogen-bond donors (Lipinski definition) is 0. The number of rotatable bonds is 5. The van der Waals surface area contributed by atoms with Gasteiger partial charge in [0.1, 0.15) is 0 Å². The number of ether oxygens (including phenoxy) is 3. The van der Waals surface area contributed by atoms with Gasteiger partial charge in [0.25, 0.3) is 0 Å². The molecule has 0 spiro atoms. The minimum Gasteiger partial charge on any atom is -0.465 e. The highest BCUT2D eigenvalue weighted by Crippen LogP contribution is 2.34. The second-order valence-electron chi connectivity index (χ2n) is 5.79. The highest BCUT2D eigenvalue weighted by molar-refractivity contribution is 5.98. The van der Waals surface area contributed by atoms with Gasteiger partial charge in [0, 0.05) is 11.5 Å². The number of piperidine rings is 1. The lowest BCUT2D eigenvalue weighted by Crippen LogP contribution is -2.39. The summed E-state index contributed by atoms with van der Waals surface area (Å²) in [6.45, 7) is 4.18. The summed E-state index contributed by atoms with van der Waals surface area (Å²) in [4.78, 5) is 26.2. The van der Waals surface area contributed by atoms with E-state index in [1.165, 1.54) is 0 Å². The van der Waals surface area contributed by atoms with Crippen molar-refractivity contribution >= 4 is 11.8 Å². The van der Waals surface area contributed by atoms with Crippen molar-refractivity contribution in [3.05, 3.63) is 23.8 Å². The normalized spacial score (nSPS) is 18.0. The number of ketones is 1. The van der Waals surface area contributed by atoms with Gasteiger partial charge < -0.3 is 14.2 Å². The van der Waals surface area contributed by atoms with Crippen LogP contribution >= 0.6 is 0 Å². The van der Waals surface area contributed by atoms with Crippen LogP contribution in [0.15, 0.2) is 18.2 Å². The topological polar surface area (TPSA) is 65.1 Å². The van der Waals surface area contributed by atoms with Crippen LogP contribution in [0, 0.1) is 5.92 Å². The van der Waals surface area contributed by atoms with Crippen LogP contribution in [0.4, 0.5) is 0 Å². The summed E-state index contributed by atoms with van der Waals surface area (Å²) in [5.74, 6) is 1.25. The summed E-state index contributed by atoms with van der Waals surface area (Å²) in [6, 6.07) is 5.34. The first-order chi connectivity index (χ1) is 11.2. The molecule has 2 aliphatic heterocycles. The molecule has 0 bridgehead atoms. The van der Waals surface area contributed by atoms with Crippen molar-refractivity contribution in [3.8, 4) is 11.5 Å². The van der Waals surface area contributed by atoms with Gasteiger partial charge in [-0.05, 0) is 51.1 Å². The Morgan fingerprint density at radius 2 is 1.96 bits per heavy atom. The van der Waals surface area contributed by atoms with E-state index in [1.807, 2.05) is 4.90 Å². The molecule has 1 aromatic rings. The number of benzene rings is 1. The molecule has 1 fully saturated rings. The van der Waals surface area contributed by atoms with E-state index in [2.05, 4.69) is 0 Å². The highest BCUT2D eigenvalue weighted by atomic mass is 16.7. The Hall–Kier alpha value is -2.08. The average Bonchev–Trinajstić information content (AvgIpc) is 3.02. The Morgan fingerprint density at radius 3 is 2.70 bits per heavy atom. The Morgan fingerprint density at radius 1 is 1.22 bits per heavy atom. The van der Waals surface area contributed by atoms with Gasteiger partial charge in [-0.3, -0.25) is 14.5 Å². The molecule has 1 aromatic carbocycles. The van der Waals surface area contributed by atoms with E-state index in [4.69, 9.17) is 14.2 Å². The zero-order valence-electron chi connectivity index (χ0n) is 13.2. The summed E-state index contributed by atoms with van der Waals surface area (Å²) in [7, 11) is 0. The quantitative estimate of drug-likeness (QED) is 0.610. The minimum atomic E-state index is -0.201. The van der Waals surface area contributed by atoms with Crippen LogP contribution in [0.2, 0.25) is 0 Å². The third kappa shape index (κ3) is 3.64. The fourth-order valence-electron chi connectivity index (χ4n) is 3.03. The third-order valence-corrected chi connectivity index (χ3v) is 4.27. The molecule has 3 rings (SSSR count). The van der Waals surface area contributed by atoms with Crippen molar-refractivity contribution in [2.24, 2.45) is 5.92 Å². The van der Waals surface area contributed by atoms with Crippen molar-refractivity contribution in [1.29, 1.82) is 0 Å². The largest absolute Gasteiger partial charge is 0.465 e. The lowest BCUT2D eigenvalue weighted by molar-refractivity contribution is -0.144. The predicted molar refractivity (Wildman–Crippen MR) is 82.7 cm³/mol. The van der Waals surface area contributed by atoms with E-state index in [9.17, 15) is 9.59 Å². The van der Waals surface area contributed by atoms with E-state index in [0.717, 1.165) is 25.9 Å². The molecule has 0 aliphatic carbocycles. The lowest BCUT2D eigenvalue weighted by atomic mass is 9.89. The predicted octanol–water partition coefficient (Wildman–Crippen LogP) is 1.87. The number of carbonyl (C=O) groups excluding carboxylic acids is 2. The van der Waals surface area contributed by atoms with Crippen LogP contribution in [0.5, 0.6) is 11.5 Å². The second kappa shape index (κ2) is 7.00. The van der Waals surface area contributed by atoms with E-state index in [1.54, 1.807) is 25.1 Å². The van der Waals surface area contributed by atoms with Gasteiger partial charge in [-0.15, -0.1) is 0 Å². The van der Waals surface area contributed by atoms with Gasteiger partial charge in [0.05, 0.1) is 13.2 Å². The Labute approximate surface area is 135 Å². The van der Waals surface area contributed by atoms with Crippen molar-refractivity contribution in [2.45, 2.75) is 19.8 Å². The van der Waals surface area contributed by atoms with Crippen molar-refractivity contribution in [3.63, 3.8) is 0 Å². The van der Waals surface area contributed by atoms with E-state index < -0.39 is 0 Å². The molecule has 6 nitrogen and oxygen atoms in total. The summed E-state index contributed by atoms with van der Waals surface area (Å²) >= 11 is 0. The van der Waals surface area contributed by atoms with Gasteiger partial charge in [-0.2, -0.15) is 0 Å². The fraction of sp³-hybridized carbons (Fsp3) is 0.529. The molecule has 2 aliphatic rings. The van der Waals surface area contributed by atoms with Gasteiger partial charge in [0.15, 0.2) is 17.3 Å². The molecule has 0 N–H and O–H groups in total. The van der Waals surface area contributed by atoms with E-state index in [-0.39, 0.29) is 24.5 Å². The number of nitrogens with zero attached hydrogens (tertiary/aromatic N) is 1. The molecular formula is C17H21NO5. The number of Topliss-reactive ketones (excluding diaryl/α,β-unsaturated/α-hetero) is 1. The number of likely N-dealkylation sites (tertiary alicyclic amines) is 1. The van der Waals surface area contributed by atoms with Gasteiger partial charge >= 0.3 is 5.97 Å². The fourth-order valence-corrected chi connectivity index (χ4v) is 3.03. The van der Waals surface area contributed by atoms with Crippen LogP contribution in [-0.2, 0) is 9.53 Å². The Kier molecular flexibility index (Phi) is 4.81. The molecule has 0 atom stereocenters. The number of fused-ring (bicyclic) bond motifs is 1. The maximum atomic E-state index is 12.6. The molecular weight excluding hydrogens is 298 g/mol. The smallest absolute Gasteiger partial charge is 0.320 e. The lowest BCUT2D eigenvalue weighted by Gasteiger charge is -2.30. The molecule has 0 aromatic heterocycles. The standard InChI is InChI=1S/C17H21NO5/c1-2-21-16(19)10-18-7-5-12(6-8-18)17(20)13-3-4-14-15(9-13)23-11-22-14/h3-4,9,12H,2,5-8,10-11H2,1H3. The first-order valence-corrected chi connectivity index (χ1v) is 7.99. The molecule has 1 saturated heterocycles. The van der Waals surface area contributed by atoms with Crippen molar-refractivity contribution in [2.75, 3.05) is 33.0 Å². The van der Waals surface area contributed by atoms with Crippen LogP contribution in [0.3, 0.4) is 0 Å². The van der Waals surface area contributed by atoms with Crippen molar-refractivity contribution < 1.29 is 23.8 Å². The van der Waals surface area contributed by atoms with E-state index >= 15 is 0 Å². The monoisotopic (exact) mass is 319 g/mol. The van der Waals surface area contributed by atoms with Gasteiger partial charge in [-0.25, -0.2) is 0 Å². The van der Waals surface area contributed by atoms with E-state index in [0.29, 0.717) is 30.2 Å². The first-order valence-electron chi connectivity index (χ1n) is 7.99. The molecule has 0 amide bonds. The highest BCUT2D eigenvalue weighted by Gasteiger charge is 2.28. The molecule has 23 heavy (non-hydrogen) atoms. The summed E-state index contributed by atoms with van der Waals surface area (Å²) in [6.07, 6.45) is 1.51. The molecule has 2 heterocycles. The maximum absolute atomic E-state index is 12.6.